The van der Waals surface area contributed by atoms with Crippen LogP contribution in [0.1, 0.15) is 19.4 Å². The summed E-state index contributed by atoms with van der Waals surface area (Å²) >= 11 is 0. The Morgan fingerprint density at radius 2 is 2.11 bits per heavy atom. The van der Waals surface area contributed by atoms with Gasteiger partial charge in [-0.3, -0.25) is 9.89 Å². The number of alkyl halides is 2. The minimum Gasteiger partial charge on any atom is -0.434 e. The molecule has 1 heterocycles. The van der Waals surface area contributed by atoms with E-state index in [9.17, 15) is 8.78 Å². The second kappa shape index (κ2) is 12.3. The van der Waals surface area contributed by atoms with Crippen molar-refractivity contribution in [3.05, 3.63) is 29.8 Å². The van der Waals surface area contributed by atoms with Crippen molar-refractivity contribution in [3.8, 4) is 5.75 Å². The number of hydrogen-bond donors (Lipinski definition) is 2. The second-order valence-electron chi connectivity index (χ2n) is 6.30. The number of nitrogens with one attached hydrogen (secondary N) is 2. The summed E-state index contributed by atoms with van der Waals surface area (Å²) in [6, 6.07) is 7.43. The molecule has 2 atom stereocenters. The molecule has 1 aromatic carbocycles. The number of hydrogen-bond acceptors (Lipinski definition) is 4. The van der Waals surface area contributed by atoms with Crippen LogP contribution in [-0.2, 0) is 11.3 Å². The first kappa shape index (κ1) is 23.8. The van der Waals surface area contributed by atoms with Crippen LogP contribution in [0.25, 0.3) is 0 Å². The molecule has 0 radical (unpaired) electrons. The van der Waals surface area contributed by atoms with Crippen molar-refractivity contribution >= 4 is 29.9 Å². The molecule has 2 rings (SSSR count). The molecule has 2 unspecified atom stereocenters. The highest BCUT2D eigenvalue weighted by Crippen LogP contribution is 2.19. The third-order valence-corrected chi connectivity index (χ3v) is 4.41. The first-order valence-corrected chi connectivity index (χ1v) is 8.82. The lowest BCUT2D eigenvalue weighted by molar-refractivity contribution is -0.0504. The van der Waals surface area contributed by atoms with Crippen molar-refractivity contribution < 1.29 is 18.3 Å². The summed E-state index contributed by atoms with van der Waals surface area (Å²) in [6.45, 7) is 4.94. The van der Waals surface area contributed by atoms with E-state index in [0.29, 0.717) is 30.2 Å². The van der Waals surface area contributed by atoms with E-state index < -0.39 is 6.61 Å². The molecule has 6 nitrogen and oxygen atoms in total. The molecule has 27 heavy (non-hydrogen) atoms. The van der Waals surface area contributed by atoms with Gasteiger partial charge in [-0.05, 0) is 19.9 Å². The van der Waals surface area contributed by atoms with Crippen LogP contribution in [0.4, 0.5) is 8.78 Å². The number of nitrogens with zero attached hydrogens (tertiary/aromatic N) is 2. The van der Waals surface area contributed by atoms with Gasteiger partial charge in [-0.15, -0.1) is 24.0 Å². The first-order valence-electron chi connectivity index (χ1n) is 8.82. The maximum absolute atomic E-state index is 12.5. The van der Waals surface area contributed by atoms with Crippen LogP contribution in [-0.4, -0.2) is 62.9 Å². The number of aliphatic imine (C=N–C) groups is 1. The van der Waals surface area contributed by atoms with E-state index >= 15 is 0 Å². The van der Waals surface area contributed by atoms with E-state index in [1.165, 1.54) is 6.07 Å². The Bertz CT molecular complexity index is 592. The average molecular weight is 498 g/mol. The summed E-state index contributed by atoms with van der Waals surface area (Å²) in [6.07, 6.45) is 0. The Hall–Kier alpha value is -1.20. The van der Waals surface area contributed by atoms with Crippen LogP contribution in [0.15, 0.2) is 29.3 Å². The van der Waals surface area contributed by atoms with Gasteiger partial charge in [0, 0.05) is 44.3 Å². The van der Waals surface area contributed by atoms with Gasteiger partial charge in [0.15, 0.2) is 5.96 Å². The molecule has 9 heteroatoms. The number of guanidine groups is 1. The standard InChI is InChI=1S/C18H28F2N4O2.HI/c1-13(24-8-9-25-12-14(24)2)10-22-18(21-3)23-11-15-6-4-5-7-16(15)26-17(19)20;/h4-7,13-14,17H,8-12H2,1-3H3,(H2,21,22,23);1H. The quantitative estimate of drug-likeness (QED) is 0.344. The third-order valence-electron chi connectivity index (χ3n) is 4.41. The molecule has 0 aliphatic carbocycles. The van der Waals surface area contributed by atoms with Gasteiger partial charge >= 0.3 is 6.61 Å². The lowest BCUT2D eigenvalue weighted by Gasteiger charge is -2.38. The van der Waals surface area contributed by atoms with Gasteiger partial charge in [-0.1, -0.05) is 18.2 Å². The molecule has 0 aromatic heterocycles. The molecule has 1 aliphatic rings. The molecular formula is C18H29F2IN4O2. The van der Waals surface area contributed by atoms with E-state index in [1.807, 2.05) is 0 Å². The van der Waals surface area contributed by atoms with Crippen LogP contribution in [0, 0.1) is 0 Å². The first-order chi connectivity index (χ1) is 12.5. The summed E-state index contributed by atoms with van der Waals surface area (Å²) < 4.78 is 35.0. The molecule has 1 aliphatic heterocycles. The summed E-state index contributed by atoms with van der Waals surface area (Å²) in [5.74, 6) is 0.783. The van der Waals surface area contributed by atoms with Crippen LogP contribution < -0.4 is 15.4 Å². The van der Waals surface area contributed by atoms with Crippen LogP contribution in [0.5, 0.6) is 5.75 Å². The molecule has 154 valence electrons. The number of benzene rings is 1. The van der Waals surface area contributed by atoms with Gasteiger partial charge in [-0.2, -0.15) is 8.78 Å². The maximum Gasteiger partial charge on any atom is 0.387 e. The van der Waals surface area contributed by atoms with Gasteiger partial charge in [0.1, 0.15) is 5.75 Å². The predicted octanol–water partition coefficient (Wildman–Crippen LogP) is 2.68. The molecule has 0 amide bonds. The van der Waals surface area contributed by atoms with Crippen molar-refractivity contribution in [2.24, 2.45) is 4.99 Å². The monoisotopic (exact) mass is 498 g/mol. The highest BCUT2D eigenvalue weighted by Gasteiger charge is 2.23. The lowest BCUT2D eigenvalue weighted by atomic mass is 10.2. The van der Waals surface area contributed by atoms with Crippen LogP contribution >= 0.6 is 24.0 Å². The zero-order chi connectivity index (χ0) is 18.9. The molecule has 0 spiro atoms. The van der Waals surface area contributed by atoms with E-state index in [2.05, 4.69) is 39.1 Å². The molecule has 1 aromatic rings. The Morgan fingerprint density at radius 3 is 2.78 bits per heavy atom. The topological polar surface area (TPSA) is 58.1 Å². The van der Waals surface area contributed by atoms with Crippen molar-refractivity contribution in [3.63, 3.8) is 0 Å². The Kier molecular flexibility index (Phi) is 10.9. The van der Waals surface area contributed by atoms with Gasteiger partial charge in [0.25, 0.3) is 0 Å². The number of morpholine rings is 1. The maximum atomic E-state index is 12.5. The van der Waals surface area contributed by atoms with Gasteiger partial charge < -0.3 is 20.1 Å². The number of halogens is 3. The van der Waals surface area contributed by atoms with E-state index in [4.69, 9.17) is 4.74 Å². The Balaban J connectivity index is 0.00000364. The lowest BCUT2D eigenvalue weighted by Crippen LogP contribution is -2.52. The third kappa shape index (κ3) is 7.74. The predicted molar refractivity (Wildman–Crippen MR) is 113 cm³/mol. The van der Waals surface area contributed by atoms with Crippen molar-refractivity contribution in [1.82, 2.24) is 15.5 Å². The fourth-order valence-corrected chi connectivity index (χ4v) is 3.02. The van der Waals surface area contributed by atoms with Crippen molar-refractivity contribution in [1.29, 1.82) is 0 Å². The van der Waals surface area contributed by atoms with Crippen molar-refractivity contribution in [2.45, 2.75) is 39.1 Å². The normalized spacial score (nSPS) is 19.3. The minimum atomic E-state index is -2.84. The van der Waals surface area contributed by atoms with Gasteiger partial charge in [0.2, 0.25) is 0 Å². The molecule has 0 saturated carbocycles. The Labute approximate surface area is 176 Å². The molecule has 0 bridgehead atoms. The summed E-state index contributed by atoms with van der Waals surface area (Å²) in [5, 5.41) is 6.42. The number of rotatable bonds is 7. The van der Waals surface area contributed by atoms with Crippen LogP contribution in [0.3, 0.4) is 0 Å². The molecule has 2 N–H and O–H groups in total. The summed E-state index contributed by atoms with van der Waals surface area (Å²) in [7, 11) is 1.68. The van der Waals surface area contributed by atoms with Gasteiger partial charge in [-0.25, -0.2) is 0 Å². The van der Waals surface area contributed by atoms with Crippen molar-refractivity contribution in [2.75, 3.05) is 33.4 Å². The minimum absolute atomic E-state index is 0. The molecule has 1 fully saturated rings. The Morgan fingerprint density at radius 1 is 1.37 bits per heavy atom. The second-order valence-corrected chi connectivity index (χ2v) is 6.30. The highest BCUT2D eigenvalue weighted by atomic mass is 127. The zero-order valence-electron chi connectivity index (χ0n) is 16.0. The van der Waals surface area contributed by atoms with Crippen LogP contribution in [0.2, 0.25) is 0 Å². The average Bonchev–Trinajstić information content (AvgIpc) is 2.62. The number of para-hydroxylation sites is 1. The highest BCUT2D eigenvalue weighted by molar-refractivity contribution is 14.0. The van der Waals surface area contributed by atoms with Gasteiger partial charge in [0.05, 0.1) is 13.2 Å². The molecule has 1 saturated heterocycles. The fourth-order valence-electron chi connectivity index (χ4n) is 3.02. The molecular weight excluding hydrogens is 469 g/mol. The smallest absolute Gasteiger partial charge is 0.387 e. The SMILES string of the molecule is CN=C(NCc1ccccc1OC(F)F)NCC(C)N1CCOCC1C.I. The van der Waals surface area contributed by atoms with E-state index in [0.717, 1.165) is 26.3 Å². The summed E-state index contributed by atoms with van der Waals surface area (Å²) in [4.78, 5) is 6.59. The fraction of sp³-hybridized carbons (Fsp3) is 0.611. The summed E-state index contributed by atoms with van der Waals surface area (Å²) in [5.41, 5.74) is 0.644. The van der Waals surface area contributed by atoms with E-state index in [1.54, 1.807) is 25.2 Å². The largest absolute Gasteiger partial charge is 0.434 e. The number of ether oxygens (including phenoxy) is 2. The zero-order valence-corrected chi connectivity index (χ0v) is 18.3. The van der Waals surface area contributed by atoms with E-state index in [-0.39, 0.29) is 29.7 Å².